The maximum Gasteiger partial charge on any atom is 0.238 e. The molecule has 2 amide bonds. The monoisotopic (exact) mass is 261 g/mol. The molecule has 1 unspecified atom stereocenters. The Labute approximate surface area is 112 Å². The van der Waals surface area contributed by atoms with Gasteiger partial charge in [-0.2, -0.15) is 0 Å². The highest BCUT2D eigenvalue weighted by Crippen LogP contribution is 2.35. The van der Waals surface area contributed by atoms with E-state index >= 15 is 0 Å². The van der Waals surface area contributed by atoms with Crippen molar-refractivity contribution in [2.45, 2.75) is 26.2 Å². The van der Waals surface area contributed by atoms with E-state index in [9.17, 15) is 9.59 Å². The Balaban J connectivity index is 2.21. The maximum atomic E-state index is 11.5. The molecule has 0 saturated heterocycles. The fourth-order valence-electron chi connectivity index (χ4n) is 2.45. The van der Waals surface area contributed by atoms with Crippen LogP contribution in [0.1, 0.15) is 24.5 Å². The van der Waals surface area contributed by atoms with Crippen molar-refractivity contribution in [2.24, 2.45) is 16.9 Å². The molecule has 5 nitrogen and oxygen atoms in total. The van der Waals surface area contributed by atoms with E-state index in [0.717, 1.165) is 29.7 Å². The van der Waals surface area contributed by atoms with Gasteiger partial charge in [0, 0.05) is 5.69 Å². The maximum absolute atomic E-state index is 11.5. The average Bonchev–Trinajstić information content (AvgIpc) is 2.38. The van der Waals surface area contributed by atoms with Gasteiger partial charge < -0.3 is 16.8 Å². The summed E-state index contributed by atoms with van der Waals surface area (Å²) < 4.78 is 0. The third-order valence-corrected chi connectivity index (χ3v) is 3.80. The van der Waals surface area contributed by atoms with Crippen molar-refractivity contribution in [2.75, 3.05) is 11.9 Å². The summed E-state index contributed by atoms with van der Waals surface area (Å²) >= 11 is 0. The summed E-state index contributed by atoms with van der Waals surface area (Å²) in [7, 11) is 0. The fourth-order valence-corrected chi connectivity index (χ4v) is 2.45. The van der Waals surface area contributed by atoms with Crippen LogP contribution in [0.2, 0.25) is 0 Å². The minimum Gasteiger partial charge on any atom is -0.369 e. The molecular weight excluding hydrogens is 242 g/mol. The lowest BCUT2D eigenvalue weighted by Gasteiger charge is -2.32. The summed E-state index contributed by atoms with van der Waals surface area (Å²) in [5.41, 5.74) is 13.3. The molecule has 0 aromatic heterocycles. The Bertz CT molecular complexity index is 527. The zero-order valence-corrected chi connectivity index (χ0v) is 11.0. The van der Waals surface area contributed by atoms with Gasteiger partial charge >= 0.3 is 0 Å². The number of amides is 2. The molecule has 5 heteroatoms. The number of benzene rings is 1. The number of anilines is 1. The summed E-state index contributed by atoms with van der Waals surface area (Å²) in [6, 6.07) is 5.73. The van der Waals surface area contributed by atoms with Crippen LogP contribution < -0.4 is 16.8 Å². The lowest BCUT2D eigenvalue weighted by Crippen LogP contribution is -2.39. The molecule has 1 atom stereocenters. The topological polar surface area (TPSA) is 98.2 Å². The summed E-state index contributed by atoms with van der Waals surface area (Å²) in [4.78, 5) is 22.7. The first-order valence-corrected chi connectivity index (χ1v) is 6.36. The normalized spacial score (nSPS) is 21.6. The third-order valence-electron chi connectivity index (χ3n) is 3.80. The van der Waals surface area contributed by atoms with E-state index in [2.05, 4.69) is 5.32 Å². The number of hydrogen-bond acceptors (Lipinski definition) is 3. The Morgan fingerprint density at radius 3 is 2.74 bits per heavy atom. The lowest BCUT2D eigenvalue weighted by molar-refractivity contribution is -0.127. The molecule has 1 aliphatic carbocycles. The van der Waals surface area contributed by atoms with E-state index in [1.165, 1.54) is 0 Å². The largest absolute Gasteiger partial charge is 0.369 e. The van der Waals surface area contributed by atoms with Gasteiger partial charge in [-0.1, -0.05) is 13.0 Å². The van der Waals surface area contributed by atoms with Crippen LogP contribution in [0.15, 0.2) is 18.2 Å². The molecule has 102 valence electrons. The number of nitrogens with one attached hydrogen (secondary N) is 1. The van der Waals surface area contributed by atoms with Crippen molar-refractivity contribution >= 4 is 17.5 Å². The number of aryl methyl sites for hydroxylation is 1. The molecule has 0 radical (unpaired) electrons. The van der Waals surface area contributed by atoms with Crippen molar-refractivity contribution in [3.05, 3.63) is 29.3 Å². The van der Waals surface area contributed by atoms with Gasteiger partial charge in [-0.05, 0) is 42.5 Å². The van der Waals surface area contributed by atoms with Gasteiger partial charge in [-0.15, -0.1) is 0 Å². The molecule has 0 aliphatic heterocycles. The van der Waals surface area contributed by atoms with Gasteiger partial charge in [0.1, 0.15) is 0 Å². The molecule has 0 fully saturated rings. The van der Waals surface area contributed by atoms with Crippen LogP contribution in [0.25, 0.3) is 0 Å². The molecule has 0 spiro atoms. The summed E-state index contributed by atoms with van der Waals surface area (Å²) in [5.74, 6) is -0.462. The highest BCUT2D eigenvalue weighted by Gasteiger charge is 2.35. The molecule has 2 rings (SSSR count). The summed E-state index contributed by atoms with van der Waals surface area (Å²) in [5, 5.41) is 2.73. The number of carbonyl (C=O) groups excluding carboxylic acids is 2. The van der Waals surface area contributed by atoms with Crippen molar-refractivity contribution in [3.63, 3.8) is 0 Å². The predicted octanol–water partition coefficient (Wildman–Crippen LogP) is 0.564. The molecule has 0 bridgehead atoms. The van der Waals surface area contributed by atoms with E-state index in [4.69, 9.17) is 11.5 Å². The van der Waals surface area contributed by atoms with Crippen molar-refractivity contribution in [3.8, 4) is 0 Å². The van der Waals surface area contributed by atoms with Gasteiger partial charge in [-0.3, -0.25) is 9.59 Å². The van der Waals surface area contributed by atoms with Crippen LogP contribution in [0.3, 0.4) is 0 Å². The Hall–Kier alpha value is -1.88. The van der Waals surface area contributed by atoms with Crippen LogP contribution in [0, 0.1) is 5.41 Å². The molecule has 1 aromatic carbocycles. The van der Waals surface area contributed by atoms with E-state index < -0.39 is 5.41 Å². The SMILES string of the molecule is CC1(C(N)=O)CCc2cc(NC(=O)CN)ccc2C1. The van der Waals surface area contributed by atoms with E-state index in [1.54, 1.807) is 0 Å². The van der Waals surface area contributed by atoms with Gasteiger partial charge in [-0.25, -0.2) is 0 Å². The number of carbonyl (C=O) groups is 2. The predicted molar refractivity (Wildman–Crippen MR) is 73.5 cm³/mol. The molecule has 5 N–H and O–H groups in total. The van der Waals surface area contributed by atoms with Crippen LogP contribution in [-0.2, 0) is 22.4 Å². The summed E-state index contributed by atoms with van der Waals surface area (Å²) in [6.45, 7) is 1.87. The van der Waals surface area contributed by atoms with Crippen LogP contribution in [-0.4, -0.2) is 18.4 Å². The van der Waals surface area contributed by atoms with Gasteiger partial charge in [0.2, 0.25) is 11.8 Å². The smallest absolute Gasteiger partial charge is 0.238 e. The highest BCUT2D eigenvalue weighted by molar-refractivity contribution is 5.92. The number of rotatable bonds is 3. The van der Waals surface area contributed by atoms with Gasteiger partial charge in [0.05, 0.1) is 12.0 Å². The third kappa shape index (κ3) is 2.76. The van der Waals surface area contributed by atoms with E-state index in [0.29, 0.717) is 6.42 Å². The molecular formula is C14H19N3O2. The minimum absolute atomic E-state index is 0.0309. The lowest BCUT2D eigenvalue weighted by atomic mass is 9.72. The van der Waals surface area contributed by atoms with Crippen LogP contribution >= 0.6 is 0 Å². The molecule has 1 aliphatic rings. The number of fused-ring (bicyclic) bond motifs is 1. The Kier molecular flexibility index (Phi) is 3.57. The summed E-state index contributed by atoms with van der Waals surface area (Å²) in [6.07, 6.45) is 2.19. The van der Waals surface area contributed by atoms with E-state index in [-0.39, 0.29) is 18.4 Å². The van der Waals surface area contributed by atoms with Crippen molar-refractivity contribution in [1.82, 2.24) is 0 Å². The molecule has 0 saturated carbocycles. The molecule has 19 heavy (non-hydrogen) atoms. The first-order valence-electron chi connectivity index (χ1n) is 6.36. The number of hydrogen-bond donors (Lipinski definition) is 3. The first kappa shape index (κ1) is 13.5. The Morgan fingerprint density at radius 2 is 2.11 bits per heavy atom. The second kappa shape index (κ2) is 5.01. The van der Waals surface area contributed by atoms with Gasteiger partial charge in [0.15, 0.2) is 0 Å². The average molecular weight is 261 g/mol. The van der Waals surface area contributed by atoms with Gasteiger partial charge in [0.25, 0.3) is 0 Å². The van der Waals surface area contributed by atoms with Crippen LogP contribution in [0.5, 0.6) is 0 Å². The second-order valence-electron chi connectivity index (χ2n) is 5.34. The minimum atomic E-state index is -0.463. The quantitative estimate of drug-likeness (QED) is 0.741. The second-order valence-corrected chi connectivity index (χ2v) is 5.34. The van der Waals surface area contributed by atoms with Crippen molar-refractivity contribution < 1.29 is 9.59 Å². The zero-order chi connectivity index (χ0) is 14.0. The number of primary amides is 1. The van der Waals surface area contributed by atoms with Crippen molar-refractivity contribution in [1.29, 1.82) is 0 Å². The number of nitrogens with two attached hydrogens (primary N) is 2. The van der Waals surface area contributed by atoms with E-state index in [1.807, 2.05) is 25.1 Å². The molecule has 0 heterocycles. The molecule has 1 aromatic rings. The first-order chi connectivity index (χ1) is 8.94. The van der Waals surface area contributed by atoms with Crippen LogP contribution in [0.4, 0.5) is 5.69 Å². The fraction of sp³-hybridized carbons (Fsp3) is 0.429. The highest BCUT2D eigenvalue weighted by atomic mass is 16.2. The Morgan fingerprint density at radius 1 is 1.37 bits per heavy atom. The standard InChI is InChI=1S/C14H19N3O2/c1-14(13(16)19)5-4-9-6-11(17-12(18)8-15)3-2-10(9)7-14/h2-3,6H,4-5,7-8,15H2,1H3,(H2,16,19)(H,17,18). The zero-order valence-electron chi connectivity index (χ0n) is 11.0.